The molecule has 0 saturated heterocycles. The molecule has 0 bridgehead atoms. The van der Waals surface area contributed by atoms with Crippen LogP contribution in [0.4, 0.5) is 18.9 Å². The number of aliphatic carboxylic acids is 1. The number of hydrogen-bond acceptors (Lipinski definition) is 2. The van der Waals surface area contributed by atoms with Crippen molar-refractivity contribution >= 4 is 29.2 Å². The third kappa shape index (κ3) is 5.40. The molecule has 0 aliphatic carbocycles. The molecule has 1 amide bonds. The number of halogens is 4. The number of carboxylic acid groups (broad SMARTS) is 1. The Hall–Kier alpha value is -1.76. The highest BCUT2D eigenvalue weighted by molar-refractivity contribution is 6.29. The van der Waals surface area contributed by atoms with E-state index in [1.54, 1.807) is 20.8 Å². The van der Waals surface area contributed by atoms with Crippen molar-refractivity contribution in [3.8, 4) is 0 Å². The van der Waals surface area contributed by atoms with E-state index >= 15 is 0 Å². The molecule has 8 heteroatoms. The number of carbonyl (C=O) groups is 2. The predicted molar refractivity (Wildman–Crippen MR) is 85.1 cm³/mol. The lowest BCUT2D eigenvalue weighted by molar-refractivity contribution is -0.140. The predicted octanol–water partition coefficient (Wildman–Crippen LogP) is 4.17. The molecular weight excluding hydrogens is 347 g/mol. The molecule has 0 fully saturated rings. The van der Waals surface area contributed by atoms with Crippen molar-refractivity contribution in [1.29, 1.82) is 0 Å². The van der Waals surface area contributed by atoms with E-state index in [1.165, 1.54) is 6.07 Å². The van der Waals surface area contributed by atoms with Gasteiger partial charge in [0.25, 0.3) is 0 Å². The number of benzene rings is 1. The number of anilines is 1. The summed E-state index contributed by atoms with van der Waals surface area (Å²) in [6.45, 7) is 5.33. The molecule has 0 spiro atoms. The molecule has 1 aromatic rings. The summed E-state index contributed by atoms with van der Waals surface area (Å²) in [5.74, 6) is -2.61. The third-order valence-electron chi connectivity index (χ3n) is 3.24. The number of nitrogens with zero attached hydrogens (tertiary/aromatic N) is 1. The quantitative estimate of drug-likeness (QED) is 0.797. The fourth-order valence-corrected chi connectivity index (χ4v) is 2.39. The van der Waals surface area contributed by atoms with Gasteiger partial charge >= 0.3 is 12.1 Å². The minimum absolute atomic E-state index is 0.0568. The summed E-state index contributed by atoms with van der Waals surface area (Å²) >= 11 is 5.54. The van der Waals surface area contributed by atoms with E-state index in [0.717, 1.165) is 23.1 Å². The van der Waals surface area contributed by atoms with Crippen LogP contribution in [0.2, 0.25) is 0 Å². The Labute approximate surface area is 143 Å². The molecule has 0 aliphatic rings. The zero-order chi connectivity index (χ0) is 18.7. The molecule has 1 N–H and O–H groups in total. The van der Waals surface area contributed by atoms with E-state index in [4.69, 9.17) is 11.6 Å². The van der Waals surface area contributed by atoms with Crippen LogP contribution in [0.5, 0.6) is 0 Å². The van der Waals surface area contributed by atoms with Gasteiger partial charge in [-0.05, 0) is 30.0 Å². The zero-order valence-corrected chi connectivity index (χ0v) is 14.3. The number of alkyl halides is 4. The van der Waals surface area contributed by atoms with Gasteiger partial charge in [0.15, 0.2) is 0 Å². The SMILES string of the molecule is CC(C)(C)CC(C(=O)O)N(C(=O)CCl)c1cccc(C(F)(F)F)c1. The molecule has 0 saturated carbocycles. The molecular formula is C16H19ClF3NO3. The van der Waals surface area contributed by atoms with Crippen LogP contribution in [0.15, 0.2) is 24.3 Å². The first-order valence-corrected chi connectivity index (χ1v) is 7.68. The van der Waals surface area contributed by atoms with Crippen LogP contribution in [0.3, 0.4) is 0 Å². The molecule has 134 valence electrons. The molecule has 1 unspecified atom stereocenters. The minimum Gasteiger partial charge on any atom is -0.480 e. The van der Waals surface area contributed by atoms with Crippen molar-refractivity contribution in [3.63, 3.8) is 0 Å². The maximum Gasteiger partial charge on any atom is 0.416 e. The fourth-order valence-electron chi connectivity index (χ4n) is 2.26. The maximum absolute atomic E-state index is 12.9. The van der Waals surface area contributed by atoms with E-state index in [9.17, 15) is 27.9 Å². The molecule has 4 nitrogen and oxygen atoms in total. The summed E-state index contributed by atoms with van der Waals surface area (Å²) in [5.41, 5.74) is -1.57. The average molecular weight is 366 g/mol. The van der Waals surface area contributed by atoms with Gasteiger partial charge in [0.2, 0.25) is 5.91 Å². The first kappa shape index (κ1) is 20.3. The first-order valence-electron chi connectivity index (χ1n) is 7.15. The van der Waals surface area contributed by atoms with Gasteiger partial charge in [-0.3, -0.25) is 9.69 Å². The fraction of sp³-hybridized carbons (Fsp3) is 0.500. The molecule has 0 aliphatic heterocycles. The van der Waals surface area contributed by atoms with E-state index < -0.39 is 41.0 Å². The summed E-state index contributed by atoms with van der Waals surface area (Å²) in [5, 5.41) is 9.48. The van der Waals surface area contributed by atoms with Crippen LogP contribution in [0.1, 0.15) is 32.8 Å². The van der Waals surface area contributed by atoms with Crippen LogP contribution in [-0.2, 0) is 15.8 Å². The Morgan fingerprint density at radius 3 is 2.25 bits per heavy atom. The zero-order valence-electron chi connectivity index (χ0n) is 13.5. The van der Waals surface area contributed by atoms with Gasteiger partial charge in [-0.15, -0.1) is 11.6 Å². The van der Waals surface area contributed by atoms with E-state index in [-0.39, 0.29) is 12.1 Å². The Morgan fingerprint density at radius 2 is 1.83 bits per heavy atom. The van der Waals surface area contributed by atoms with Crippen molar-refractivity contribution in [1.82, 2.24) is 0 Å². The van der Waals surface area contributed by atoms with Crippen molar-refractivity contribution in [2.24, 2.45) is 5.41 Å². The minimum atomic E-state index is -4.60. The second-order valence-corrected chi connectivity index (χ2v) is 6.83. The number of amides is 1. The van der Waals surface area contributed by atoms with E-state index in [0.29, 0.717) is 0 Å². The first-order chi connectivity index (χ1) is 10.9. The second-order valence-electron chi connectivity index (χ2n) is 6.56. The molecule has 24 heavy (non-hydrogen) atoms. The van der Waals surface area contributed by atoms with Crippen LogP contribution < -0.4 is 4.90 Å². The number of carboxylic acids is 1. The molecule has 1 atom stereocenters. The summed E-state index contributed by atoms with van der Waals surface area (Å²) < 4.78 is 38.7. The summed E-state index contributed by atoms with van der Waals surface area (Å²) in [6.07, 6.45) is -4.55. The lowest BCUT2D eigenvalue weighted by Gasteiger charge is -2.33. The second kappa shape index (κ2) is 7.42. The highest BCUT2D eigenvalue weighted by atomic mass is 35.5. The van der Waals surface area contributed by atoms with Crippen molar-refractivity contribution < 1.29 is 27.9 Å². The Bertz CT molecular complexity index is 611. The van der Waals surface area contributed by atoms with E-state index in [1.807, 2.05) is 0 Å². The van der Waals surface area contributed by atoms with E-state index in [2.05, 4.69) is 0 Å². The Balaban J connectivity index is 3.41. The highest BCUT2D eigenvalue weighted by Crippen LogP contribution is 2.33. The Morgan fingerprint density at radius 1 is 1.25 bits per heavy atom. The van der Waals surface area contributed by atoms with Crippen LogP contribution >= 0.6 is 11.6 Å². The van der Waals surface area contributed by atoms with Crippen molar-refractivity contribution in [3.05, 3.63) is 29.8 Å². The number of hydrogen-bond donors (Lipinski definition) is 1. The van der Waals surface area contributed by atoms with Gasteiger partial charge in [-0.1, -0.05) is 26.8 Å². The van der Waals surface area contributed by atoms with Gasteiger partial charge in [-0.25, -0.2) is 4.79 Å². The molecule has 1 aromatic carbocycles. The molecule has 1 rings (SSSR count). The standard InChI is InChI=1S/C16H19ClF3NO3/c1-15(2,3)8-12(14(23)24)21(13(22)9-17)11-6-4-5-10(7-11)16(18,19)20/h4-7,12H,8-9H2,1-3H3,(H,23,24). The van der Waals surface area contributed by atoms with Gasteiger partial charge < -0.3 is 5.11 Å². The summed E-state index contributed by atoms with van der Waals surface area (Å²) in [7, 11) is 0. The number of carbonyl (C=O) groups excluding carboxylic acids is 1. The monoisotopic (exact) mass is 365 g/mol. The van der Waals surface area contributed by atoms with Crippen molar-refractivity contribution in [2.45, 2.75) is 39.4 Å². The van der Waals surface area contributed by atoms with Crippen molar-refractivity contribution in [2.75, 3.05) is 10.8 Å². The summed E-state index contributed by atoms with van der Waals surface area (Å²) in [4.78, 5) is 24.6. The molecule has 0 aromatic heterocycles. The van der Waals surface area contributed by atoms with Crippen LogP contribution in [0, 0.1) is 5.41 Å². The largest absolute Gasteiger partial charge is 0.480 e. The van der Waals surface area contributed by atoms with Gasteiger partial charge in [0, 0.05) is 5.69 Å². The number of rotatable bonds is 5. The molecule has 0 heterocycles. The lowest BCUT2D eigenvalue weighted by atomic mass is 9.87. The summed E-state index contributed by atoms with van der Waals surface area (Å²) in [6, 6.07) is 2.68. The third-order valence-corrected chi connectivity index (χ3v) is 3.47. The van der Waals surface area contributed by atoms with Gasteiger partial charge in [0.1, 0.15) is 11.9 Å². The normalized spacial score (nSPS) is 13.5. The Kier molecular flexibility index (Phi) is 6.27. The highest BCUT2D eigenvalue weighted by Gasteiger charge is 2.36. The van der Waals surface area contributed by atoms with Crippen LogP contribution in [0.25, 0.3) is 0 Å². The average Bonchev–Trinajstić information content (AvgIpc) is 2.44. The molecule has 0 radical (unpaired) electrons. The topological polar surface area (TPSA) is 57.6 Å². The van der Waals surface area contributed by atoms with Crippen LogP contribution in [-0.4, -0.2) is 28.9 Å². The van der Waals surface area contributed by atoms with Gasteiger partial charge in [-0.2, -0.15) is 13.2 Å². The lowest BCUT2D eigenvalue weighted by Crippen LogP contribution is -2.48. The van der Waals surface area contributed by atoms with Gasteiger partial charge in [0.05, 0.1) is 5.56 Å². The maximum atomic E-state index is 12.9. The smallest absolute Gasteiger partial charge is 0.416 e.